The Labute approximate surface area is 84.0 Å². The van der Waals surface area contributed by atoms with Crippen molar-refractivity contribution in [2.75, 3.05) is 19.3 Å². The summed E-state index contributed by atoms with van der Waals surface area (Å²) in [7, 11) is -3.11. The van der Waals surface area contributed by atoms with E-state index in [0.29, 0.717) is 18.5 Å². The third kappa shape index (κ3) is 5.76. The van der Waals surface area contributed by atoms with E-state index in [1.165, 1.54) is 0 Å². The Balaban J connectivity index is 2.12. The minimum atomic E-state index is -3.11. The Morgan fingerprint density at radius 3 is 2.71 bits per heavy atom. The van der Waals surface area contributed by atoms with E-state index in [9.17, 15) is 8.42 Å². The number of nitrogens with zero attached hydrogens (tertiary/aromatic N) is 1. The van der Waals surface area contributed by atoms with E-state index < -0.39 is 10.0 Å². The molecule has 0 heterocycles. The fraction of sp³-hybridized carbons (Fsp3) is 0.857. The third-order valence-corrected chi connectivity index (χ3v) is 2.42. The maximum absolute atomic E-state index is 10.7. The van der Waals surface area contributed by atoms with Crippen molar-refractivity contribution >= 4 is 16.0 Å². The van der Waals surface area contributed by atoms with Crippen molar-refractivity contribution in [1.82, 2.24) is 10.0 Å². The first-order valence-electron chi connectivity index (χ1n) is 4.48. The number of hydrogen-bond acceptors (Lipinski definition) is 3. The summed E-state index contributed by atoms with van der Waals surface area (Å²) in [5.74, 6) is 0.391. The molecule has 82 valence electrons. The molecule has 0 saturated heterocycles. The van der Waals surface area contributed by atoms with E-state index in [-0.39, 0.29) is 6.54 Å². The fourth-order valence-corrected chi connectivity index (χ4v) is 1.35. The molecule has 0 spiro atoms. The molecule has 1 saturated carbocycles. The second kappa shape index (κ2) is 4.61. The molecule has 7 heteroatoms. The zero-order valence-corrected chi connectivity index (χ0v) is 8.97. The normalized spacial score (nSPS) is 18.2. The van der Waals surface area contributed by atoms with Gasteiger partial charge in [-0.25, -0.2) is 13.1 Å². The molecule has 1 aliphatic carbocycles. The molecule has 1 aliphatic rings. The van der Waals surface area contributed by atoms with E-state index in [1.54, 1.807) is 0 Å². The molecule has 0 aromatic heterocycles. The number of aliphatic imine (C=N–C) groups is 1. The molecular weight excluding hydrogens is 204 g/mol. The Morgan fingerprint density at radius 1 is 1.57 bits per heavy atom. The van der Waals surface area contributed by atoms with E-state index >= 15 is 0 Å². The first-order valence-corrected chi connectivity index (χ1v) is 6.37. The second-order valence-corrected chi connectivity index (χ2v) is 5.19. The van der Waals surface area contributed by atoms with Crippen LogP contribution in [0.15, 0.2) is 4.99 Å². The van der Waals surface area contributed by atoms with Gasteiger partial charge in [0, 0.05) is 12.6 Å². The van der Waals surface area contributed by atoms with Gasteiger partial charge in [0.25, 0.3) is 0 Å². The van der Waals surface area contributed by atoms with Crippen LogP contribution in [0.25, 0.3) is 0 Å². The van der Waals surface area contributed by atoms with Gasteiger partial charge < -0.3 is 11.1 Å². The van der Waals surface area contributed by atoms with E-state index in [4.69, 9.17) is 5.73 Å². The standard InChI is InChI=1S/C7H16N4O2S/c1-14(12,13)10-5-4-9-7(8)11-6-2-3-6/h6,10H,2-5H2,1H3,(H3,8,9,11). The minimum absolute atomic E-state index is 0.284. The Kier molecular flexibility index (Phi) is 3.70. The number of sulfonamides is 1. The minimum Gasteiger partial charge on any atom is -0.370 e. The summed E-state index contributed by atoms with van der Waals surface area (Å²) in [6.07, 6.45) is 3.39. The van der Waals surface area contributed by atoms with Crippen molar-refractivity contribution in [2.45, 2.75) is 18.9 Å². The predicted octanol–water partition coefficient (Wildman–Crippen LogP) is -1.40. The molecule has 0 aromatic carbocycles. The molecule has 0 aromatic rings. The summed E-state index contributed by atoms with van der Waals surface area (Å²) in [5.41, 5.74) is 5.53. The van der Waals surface area contributed by atoms with E-state index in [1.807, 2.05) is 0 Å². The summed E-state index contributed by atoms with van der Waals surface area (Å²) in [6.45, 7) is 0.643. The van der Waals surface area contributed by atoms with Crippen LogP contribution in [-0.4, -0.2) is 39.8 Å². The van der Waals surface area contributed by atoms with E-state index in [0.717, 1.165) is 19.1 Å². The largest absolute Gasteiger partial charge is 0.370 e. The highest BCUT2D eigenvalue weighted by molar-refractivity contribution is 7.88. The van der Waals surface area contributed by atoms with Gasteiger partial charge in [-0.05, 0) is 12.8 Å². The summed E-state index contributed by atoms with van der Waals surface area (Å²) >= 11 is 0. The molecule has 0 atom stereocenters. The molecule has 0 radical (unpaired) electrons. The van der Waals surface area contributed by atoms with Crippen molar-refractivity contribution in [3.05, 3.63) is 0 Å². The number of guanidine groups is 1. The van der Waals surface area contributed by atoms with Gasteiger partial charge in [-0.15, -0.1) is 0 Å². The van der Waals surface area contributed by atoms with Gasteiger partial charge in [-0.3, -0.25) is 4.99 Å². The first-order chi connectivity index (χ1) is 6.47. The van der Waals surface area contributed by atoms with Gasteiger partial charge >= 0.3 is 0 Å². The summed E-state index contributed by atoms with van der Waals surface area (Å²) in [4.78, 5) is 3.96. The van der Waals surface area contributed by atoms with Crippen LogP contribution in [-0.2, 0) is 10.0 Å². The predicted molar refractivity (Wildman–Crippen MR) is 55.5 cm³/mol. The van der Waals surface area contributed by atoms with Crippen LogP contribution in [0.3, 0.4) is 0 Å². The number of nitrogens with two attached hydrogens (primary N) is 1. The lowest BCUT2D eigenvalue weighted by Gasteiger charge is -2.03. The SMILES string of the molecule is CS(=O)(=O)NCCN=C(N)NC1CC1. The molecule has 0 aliphatic heterocycles. The number of hydrogen-bond donors (Lipinski definition) is 3. The quantitative estimate of drug-likeness (QED) is 0.302. The maximum Gasteiger partial charge on any atom is 0.208 e. The molecule has 1 fully saturated rings. The Morgan fingerprint density at radius 2 is 2.21 bits per heavy atom. The van der Waals surface area contributed by atoms with Gasteiger partial charge in [-0.2, -0.15) is 0 Å². The maximum atomic E-state index is 10.7. The highest BCUT2D eigenvalue weighted by Gasteiger charge is 2.21. The summed E-state index contributed by atoms with van der Waals surface area (Å²) < 4.78 is 23.6. The second-order valence-electron chi connectivity index (χ2n) is 3.35. The Hall–Kier alpha value is -0.820. The Bertz CT molecular complexity index is 308. The lowest BCUT2D eigenvalue weighted by atomic mass is 10.6. The van der Waals surface area contributed by atoms with Crippen LogP contribution < -0.4 is 15.8 Å². The van der Waals surface area contributed by atoms with Gasteiger partial charge in [0.2, 0.25) is 10.0 Å². The average molecular weight is 220 g/mol. The van der Waals surface area contributed by atoms with Crippen LogP contribution in [0.4, 0.5) is 0 Å². The highest BCUT2D eigenvalue weighted by Crippen LogP contribution is 2.17. The van der Waals surface area contributed by atoms with Crippen molar-refractivity contribution in [3.63, 3.8) is 0 Å². The van der Waals surface area contributed by atoms with Gasteiger partial charge in [-0.1, -0.05) is 0 Å². The molecule has 0 bridgehead atoms. The van der Waals surface area contributed by atoms with Crippen LogP contribution in [0.2, 0.25) is 0 Å². The monoisotopic (exact) mass is 220 g/mol. The number of nitrogens with one attached hydrogen (secondary N) is 2. The molecule has 4 N–H and O–H groups in total. The van der Waals surface area contributed by atoms with Crippen LogP contribution >= 0.6 is 0 Å². The smallest absolute Gasteiger partial charge is 0.208 e. The van der Waals surface area contributed by atoms with Gasteiger partial charge in [0.05, 0.1) is 12.8 Å². The van der Waals surface area contributed by atoms with Crippen molar-refractivity contribution in [3.8, 4) is 0 Å². The molecule has 1 rings (SSSR count). The van der Waals surface area contributed by atoms with Crippen LogP contribution in [0.5, 0.6) is 0 Å². The van der Waals surface area contributed by atoms with Gasteiger partial charge in [0.15, 0.2) is 5.96 Å². The lowest BCUT2D eigenvalue weighted by molar-refractivity contribution is 0.588. The molecule has 0 unspecified atom stereocenters. The molecule has 0 amide bonds. The molecule has 6 nitrogen and oxygen atoms in total. The number of rotatable bonds is 5. The zero-order chi connectivity index (χ0) is 10.6. The zero-order valence-electron chi connectivity index (χ0n) is 8.16. The van der Waals surface area contributed by atoms with Crippen LogP contribution in [0, 0.1) is 0 Å². The fourth-order valence-electron chi connectivity index (χ4n) is 0.890. The highest BCUT2D eigenvalue weighted by atomic mass is 32.2. The van der Waals surface area contributed by atoms with Crippen molar-refractivity contribution in [1.29, 1.82) is 0 Å². The van der Waals surface area contributed by atoms with Crippen LogP contribution in [0.1, 0.15) is 12.8 Å². The summed E-state index contributed by atoms with van der Waals surface area (Å²) in [6, 6.07) is 0.474. The van der Waals surface area contributed by atoms with Gasteiger partial charge in [0.1, 0.15) is 0 Å². The average Bonchev–Trinajstić information content (AvgIpc) is 2.80. The first kappa shape index (κ1) is 11.3. The van der Waals surface area contributed by atoms with Crippen molar-refractivity contribution < 1.29 is 8.42 Å². The molecular formula is C7H16N4O2S. The van der Waals surface area contributed by atoms with Crippen molar-refractivity contribution in [2.24, 2.45) is 10.7 Å². The third-order valence-electron chi connectivity index (χ3n) is 1.69. The summed E-state index contributed by atoms with van der Waals surface area (Å²) in [5, 5.41) is 3.00. The van der Waals surface area contributed by atoms with E-state index in [2.05, 4.69) is 15.0 Å². The molecule has 14 heavy (non-hydrogen) atoms. The lowest BCUT2D eigenvalue weighted by Crippen LogP contribution is -2.34. The topological polar surface area (TPSA) is 96.6 Å².